The summed E-state index contributed by atoms with van der Waals surface area (Å²) in [5.74, 6) is 0. The highest BCUT2D eigenvalue weighted by Crippen LogP contribution is 2.13. The molecular formula is C13H16N6OS. The lowest BCUT2D eigenvalue weighted by molar-refractivity contribution is 0.634. The minimum atomic E-state index is -0.111. The van der Waals surface area contributed by atoms with E-state index in [9.17, 15) is 4.79 Å². The van der Waals surface area contributed by atoms with Crippen LogP contribution in [0.4, 0.5) is 0 Å². The third kappa shape index (κ3) is 2.59. The third-order valence-electron chi connectivity index (χ3n) is 3.33. The Morgan fingerprint density at radius 2 is 2.29 bits per heavy atom. The first-order chi connectivity index (χ1) is 10.1. The second-order valence-electron chi connectivity index (χ2n) is 4.94. The molecule has 0 saturated carbocycles. The molecule has 110 valence electrons. The highest BCUT2D eigenvalue weighted by molar-refractivity contribution is 7.15. The van der Waals surface area contributed by atoms with Gasteiger partial charge in [0.05, 0.1) is 30.2 Å². The van der Waals surface area contributed by atoms with E-state index in [2.05, 4.69) is 15.3 Å². The topological polar surface area (TPSA) is 91.1 Å². The fraction of sp³-hybridized carbons (Fsp3) is 0.385. The Kier molecular flexibility index (Phi) is 3.56. The van der Waals surface area contributed by atoms with Crippen LogP contribution >= 0.6 is 11.3 Å². The predicted octanol–water partition coefficient (Wildman–Crippen LogP) is 1.11. The molecule has 0 aromatic carbocycles. The van der Waals surface area contributed by atoms with Crippen molar-refractivity contribution in [3.05, 3.63) is 45.1 Å². The molecule has 7 nitrogen and oxygen atoms in total. The summed E-state index contributed by atoms with van der Waals surface area (Å²) in [4.78, 5) is 17.3. The minimum absolute atomic E-state index is 0.0700. The maximum atomic E-state index is 12.1. The van der Waals surface area contributed by atoms with Crippen molar-refractivity contribution in [2.24, 2.45) is 5.73 Å². The first-order valence-corrected chi connectivity index (χ1v) is 7.59. The molecule has 1 atom stereocenters. The zero-order valence-electron chi connectivity index (χ0n) is 11.9. The average Bonchev–Trinajstić information content (AvgIpc) is 3.05. The number of fused-ring (bicyclic) bond motifs is 1. The van der Waals surface area contributed by atoms with Crippen LogP contribution in [-0.4, -0.2) is 24.4 Å². The van der Waals surface area contributed by atoms with Gasteiger partial charge in [-0.1, -0.05) is 12.1 Å². The van der Waals surface area contributed by atoms with Gasteiger partial charge in [0.1, 0.15) is 0 Å². The summed E-state index contributed by atoms with van der Waals surface area (Å²) < 4.78 is 3.26. The van der Waals surface area contributed by atoms with E-state index in [0.29, 0.717) is 17.2 Å². The van der Waals surface area contributed by atoms with Gasteiger partial charge in [-0.05, 0) is 13.3 Å². The average molecular weight is 304 g/mol. The summed E-state index contributed by atoms with van der Waals surface area (Å²) in [7, 11) is 0. The molecule has 0 aliphatic carbocycles. The molecule has 0 aliphatic rings. The molecule has 2 N–H and O–H groups in total. The fourth-order valence-corrected chi connectivity index (χ4v) is 3.01. The van der Waals surface area contributed by atoms with Crippen LogP contribution in [0.1, 0.15) is 36.5 Å². The number of hydrogen-bond donors (Lipinski definition) is 1. The highest BCUT2D eigenvalue weighted by atomic mass is 32.1. The molecule has 0 bridgehead atoms. The monoisotopic (exact) mass is 304 g/mol. The van der Waals surface area contributed by atoms with Gasteiger partial charge in [-0.2, -0.15) is 0 Å². The molecule has 0 aliphatic heterocycles. The third-order valence-corrected chi connectivity index (χ3v) is 4.27. The van der Waals surface area contributed by atoms with E-state index in [1.807, 2.05) is 19.2 Å². The summed E-state index contributed by atoms with van der Waals surface area (Å²) >= 11 is 1.45. The van der Waals surface area contributed by atoms with Crippen molar-refractivity contribution in [1.29, 1.82) is 0 Å². The van der Waals surface area contributed by atoms with Crippen LogP contribution in [0.3, 0.4) is 0 Å². The van der Waals surface area contributed by atoms with Crippen molar-refractivity contribution < 1.29 is 0 Å². The molecule has 0 amide bonds. The van der Waals surface area contributed by atoms with E-state index in [4.69, 9.17) is 5.73 Å². The molecule has 3 aromatic heterocycles. The van der Waals surface area contributed by atoms with Crippen LogP contribution in [0.5, 0.6) is 0 Å². The summed E-state index contributed by atoms with van der Waals surface area (Å²) in [6, 6.07) is 1.42. The van der Waals surface area contributed by atoms with E-state index in [1.54, 1.807) is 15.3 Å². The Hall–Kier alpha value is -2.06. The Morgan fingerprint density at radius 3 is 3.05 bits per heavy atom. The van der Waals surface area contributed by atoms with Crippen molar-refractivity contribution in [1.82, 2.24) is 24.4 Å². The van der Waals surface area contributed by atoms with Crippen LogP contribution in [0, 0.1) is 6.92 Å². The van der Waals surface area contributed by atoms with Gasteiger partial charge >= 0.3 is 0 Å². The van der Waals surface area contributed by atoms with Gasteiger partial charge in [0, 0.05) is 17.1 Å². The standard InChI is InChI=1S/C13H16N6OS/c1-3-10(14)11-6-18(17-16-11)5-9-4-12(20)19-8(2)7-21-13(19)15-9/h4,6-7,10H,3,5,14H2,1-2H3. The summed E-state index contributed by atoms with van der Waals surface area (Å²) in [6.45, 7) is 4.30. The van der Waals surface area contributed by atoms with Gasteiger partial charge in [0.25, 0.3) is 5.56 Å². The van der Waals surface area contributed by atoms with Gasteiger partial charge in [-0.15, -0.1) is 16.4 Å². The van der Waals surface area contributed by atoms with E-state index in [0.717, 1.165) is 17.8 Å². The van der Waals surface area contributed by atoms with Crippen LogP contribution in [0.15, 0.2) is 22.4 Å². The Balaban J connectivity index is 1.91. The zero-order chi connectivity index (χ0) is 15.0. The maximum absolute atomic E-state index is 12.1. The Bertz CT molecular complexity index is 833. The van der Waals surface area contributed by atoms with Crippen LogP contribution in [-0.2, 0) is 6.54 Å². The SMILES string of the molecule is CCC(N)c1cn(Cc2cc(=O)n3c(C)csc3n2)nn1. The lowest BCUT2D eigenvalue weighted by Crippen LogP contribution is -2.16. The second kappa shape index (κ2) is 5.38. The lowest BCUT2D eigenvalue weighted by Gasteiger charge is -2.03. The van der Waals surface area contributed by atoms with E-state index in [-0.39, 0.29) is 11.6 Å². The molecule has 0 fully saturated rings. The van der Waals surface area contributed by atoms with Crippen LogP contribution in [0.25, 0.3) is 4.96 Å². The first kappa shape index (κ1) is 13.9. The van der Waals surface area contributed by atoms with E-state index < -0.39 is 0 Å². The molecule has 0 saturated heterocycles. The number of nitrogens with two attached hydrogens (primary N) is 1. The van der Waals surface area contributed by atoms with Gasteiger partial charge in [0.15, 0.2) is 4.96 Å². The lowest BCUT2D eigenvalue weighted by atomic mass is 10.2. The summed E-state index contributed by atoms with van der Waals surface area (Å²) in [5.41, 5.74) is 8.17. The summed E-state index contributed by atoms with van der Waals surface area (Å²) in [5, 5.41) is 10.0. The Morgan fingerprint density at radius 1 is 1.48 bits per heavy atom. The van der Waals surface area contributed by atoms with Crippen molar-refractivity contribution in [2.45, 2.75) is 32.9 Å². The van der Waals surface area contributed by atoms with Gasteiger partial charge < -0.3 is 5.73 Å². The maximum Gasteiger partial charge on any atom is 0.259 e. The molecule has 0 spiro atoms. The van der Waals surface area contributed by atoms with Crippen molar-refractivity contribution in [3.63, 3.8) is 0 Å². The number of thiazole rings is 1. The van der Waals surface area contributed by atoms with Gasteiger partial charge in [0.2, 0.25) is 0 Å². The molecule has 0 radical (unpaired) electrons. The largest absolute Gasteiger partial charge is 0.323 e. The molecular weight excluding hydrogens is 288 g/mol. The molecule has 3 rings (SSSR count). The summed E-state index contributed by atoms with van der Waals surface area (Å²) in [6.07, 6.45) is 2.61. The second-order valence-corrected chi connectivity index (χ2v) is 5.77. The van der Waals surface area contributed by atoms with Gasteiger partial charge in [-0.3, -0.25) is 9.20 Å². The van der Waals surface area contributed by atoms with E-state index >= 15 is 0 Å². The van der Waals surface area contributed by atoms with Crippen LogP contribution < -0.4 is 11.3 Å². The molecule has 21 heavy (non-hydrogen) atoms. The normalized spacial score (nSPS) is 12.9. The predicted molar refractivity (Wildman–Crippen MR) is 80.4 cm³/mol. The number of aromatic nitrogens is 5. The minimum Gasteiger partial charge on any atom is -0.323 e. The molecule has 8 heteroatoms. The highest BCUT2D eigenvalue weighted by Gasteiger charge is 2.10. The molecule has 3 aromatic rings. The van der Waals surface area contributed by atoms with Gasteiger partial charge in [-0.25, -0.2) is 9.67 Å². The number of aryl methyl sites for hydroxylation is 1. The fourth-order valence-electron chi connectivity index (χ4n) is 2.12. The van der Waals surface area contributed by atoms with Crippen molar-refractivity contribution in [2.75, 3.05) is 0 Å². The van der Waals surface area contributed by atoms with E-state index in [1.165, 1.54) is 17.4 Å². The number of nitrogens with zero attached hydrogens (tertiary/aromatic N) is 5. The quantitative estimate of drug-likeness (QED) is 0.779. The molecule has 3 heterocycles. The number of hydrogen-bond acceptors (Lipinski definition) is 6. The van der Waals surface area contributed by atoms with Crippen molar-refractivity contribution in [3.8, 4) is 0 Å². The van der Waals surface area contributed by atoms with Crippen LogP contribution in [0.2, 0.25) is 0 Å². The van der Waals surface area contributed by atoms with Crippen molar-refractivity contribution >= 4 is 16.3 Å². The smallest absolute Gasteiger partial charge is 0.259 e. The zero-order valence-corrected chi connectivity index (χ0v) is 12.7. The Labute approximate surface area is 125 Å². The first-order valence-electron chi connectivity index (χ1n) is 6.71. The molecule has 1 unspecified atom stereocenters. The number of rotatable bonds is 4.